The molecule has 0 aliphatic heterocycles. The quantitative estimate of drug-likeness (QED) is 0.816. The highest BCUT2D eigenvalue weighted by atomic mass is 79.9. The molecule has 0 saturated heterocycles. The number of aryl methyl sites for hydroxylation is 1. The molecular formula is C13H17BrN2O2. The Hall–Kier alpha value is -1.10. The maximum Gasteiger partial charge on any atom is 0.250 e. The molecule has 5 heteroatoms. The largest absolute Gasteiger partial charge is 0.356 e. The van der Waals surface area contributed by atoms with Gasteiger partial charge in [0.15, 0.2) is 0 Å². The Morgan fingerprint density at radius 1 is 1.39 bits per heavy atom. The molecule has 0 bridgehead atoms. The summed E-state index contributed by atoms with van der Waals surface area (Å²) in [5.74, 6) is 0.465. The molecule has 1 N–H and O–H groups in total. The van der Waals surface area contributed by atoms with Crippen LogP contribution in [0.15, 0.2) is 27.6 Å². The number of hydrogen-bond acceptors (Lipinski definition) is 2. The molecule has 1 aliphatic rings. The third kappa shape index (κ3) is 3.98. The highest BCUT2D eigenvalue weighted by Gasteiger charge is 2.28. The fraction of sp³-hybridized carbons (Fsp3) is 0.538. The lowest BCUT2D eigenvalue weighted by atomic mass is 10.3. The molecule has 0 unspecified atom stereocenters. The van der Waals surface area contributed by atoms with E-state index in [1.807, 2.05) is 0 Å². The third-order valence-corrected chi connectivity index (χ3v) is 3.49. The van der Waals surface area contributed by atoms with Crippen molar-refractivity contribution >= 4 is 21.8 Å². The number of halogens is 1. The normalized spacial score (nSPS) is 14.5. The van der Waals surface area contributed by atoms with E-state index in [1.54, 1.807) is 22.9 Å². The molecule has 1 aromatic heterocycles. The fourth-order valence-electron chi connectivity index (χ4n) is 1.79. The van der Waals surface area contributed by atoms with E-state index in [-0.39, 0.29) is 17.4 Å². The second kappa shape index (κ2) is 6.18. The van der Waals surface area contributed by atoms with Crippen molar-refractivity contribution in [2.75, 3.05) is 6.54 Å². The molecule has 4 nitrogen and oxygen atoms in total. The number of carbonyl (C=O) groups is 1. The third-order valence-electron chi connectivity index (χ3n) is 3.02. The van der Waals surface area contributed by atoms with Crippen LogP contribution in [0.25, 0.3) is 0 Å². The molecular weight excluding hydrogens is 296 g/mol. The van der Waals surface area contributed by atoms with Gasteiger partial charge in [-0.25, -0.2) is 0 Å². The number of hydrogen-bond donors (Lipinski definition) is 1. The molecule has 0 radical (unpaired) electrons. The van der Waals surface area contributed by atoms with Crippen molar-refractivity contribution < 1.29 is 4.79 Å². The van der Waals surface area contributed by atoms with Crippen LogP contribution in [0.1, 0.15) is 25.7 Å². The Bertz CT molecular complexity index is 480. The Balaban J connectivity index is 1.66. The lowest BCUT2D eigenvalue weighted by Crippen LogP contribution is -2.26. The number of amides is 1. The molecule has 1 aliphatic carbocycles. The Kier molecular flexibility index (Phi) is 4.58. The van der Waals surface area contributed by atoms with Crippen LogP contribution in [0.2, 0.25) is 0 Å². The van der Waals surface area contributed by atoms with Gasteiger partial charge in [0.25, 0.3) is 5.56 Å². The molecule has 1 fully saturated rings. The van der Waals surface area contributed by atoms with Crippen LogP contribution in [-0.2, 0) is 11.3 Å². The summed E-state index contributed by atoms with van der Waals surface area (Å²) in [7, 11) is 0. The van der Waals surface area contributed by atoms with Crippen LogP contribution in [0.3, 0.4) is 0 Å². The topological polar surface area (TPSA) is 51.1 Å². The zero-order valence-electron chi connectivity index (χ0n) is 10.2. The van der Waals surface area contributed by atoms with Gasteiger partial charge in [-0.1, -0.05) is 0 Å². The van der Waals surface area contributed by atoms with Crippen molar-refractivity contribution in [2.45, 2.75) is 32.2 Å². The molecule has 1 aromatic rings. The number of rotatable bonds is 6. The van der Waals surface area contributed by atoms with Crippen molar-refractivity contribution in [1.82, 2.24) is 9.88 Å². The van der Waals surface area contributed by atoms with Gasteiger partial charge in [-0.05, 0) is 47.7 Å². The maximum atomic E-state index is 11.5. The van der Waals surface area contributed by atoms with Gasteiger partial charge >= 0.3 is 0 Å². The van der Waals surface area contributed by atoms with Gasteiger partial charge in [0.05, 0.1) is 0 Å². The molecule has 0 aromatic carbocycles. The second-order valence-electron chi connectivity index (χ2n) is 4.65. The minimum Gasteiger partial charge on any atom is -0.356 e. The SMILES string of the molecule is O=C(NCCCCn1cc(Br)ccc1=O)C1CC1. The summed E-state index contributed by atoms with van der Waals surface area (Å²) in [5, 5.41) is 2.92. The van der Waals surface area contributed by atoms with Crippen molar-refractivity contribution in [3.8, 4) is 0 Å². The van der Waals surface area contributed by atoms with Crippen LogP contribution in [0, 0.1) is 5.92 Å². The van der Waals surface area contributed by atoms with Crippen LogP contribution in [0.4, 0.5) is 0 Å². The molecule has 1 saturated carbocycles. The summed E-state index contributed by atoms with van der Waals surface area (Å²) in [6.45, 7) is 1.40. The van der Waals surface area contributed by atoms with Crippen molar-refractivity contribution in [1.29, 1.82) is 0 Å². The number of aromatic nitrogens is 1. The first kappa shape index (κ1) is 13.3. The van der Waals surface area contributed by atoms with Crippen molar-refractivity contribution in [2.24, 2.45) is 5.92 Å². The molecule has 0 atom stereocenters. The van der Waals surface area contributed by atoms with E-state index in [9.17, 15) is 9.59 Å². The van der Waals surface area contributed by atoms with Gasteiger partial charge in [0.1, 0.15) is 0 Å². The highest BCUT2D eigenvalue weighted by molar-refractivity contribution is 9.10. The summed E-state index contributed by atoms with van der Waals surface area (Å²) in [6, 6.07) is 3.30. The minimum atomic E-state index is 0.0141. The fourth-order valence-corrected chi connectivity index (χ4v) is 2.16. The predicted molar refractivity (Wildman–Crippen MR) is 73.4 cm³/mol. The Labute approximate surface area is 115 Å². The Morgan fingerprint density at radius 3 is 2.89 bits per heavy atom. The predicted octanol–water partition coefficient (Wildman–Crippen LogP) is 1.92. The summed E-state index contributed by atoms with van der Waals surface area (Å²) in [5.41, 5.74) is 0.0141. The summed E-state index contributed by atoms with van der Waals surface area (Å²) in [6.07, 6.45) is 5.67. The van der Waals surface area contributed by atoms with Gasteiger partial charge < -0.3 is 9.88 Å². The van der Waals surface area contributed by atoms with E-state index >= 15 is 0 Å². The zero-order valence-corrected chi connectivity index (χ0v) is 11.8. The maximum absolute atomic E-state index is 11.5. The van der Waals surface area contributed by atoms with Gasteiger partial charge in [0.2, 0.25) is 5.91 Å². The van der Waals surface area contributed by atoms with Crippen molar-refractivity contribution in [3.05, 3.63) is 33.2 Å². The van der Waals surface area contributed by atoms with Crippen LogP contribution < -0.4 is 10.9 Å². The lowest BCUT2D eigenvalue weighted by Gasteiger charge is -2.06. The average molecular weight is 313 g/mol. The van der Waals surface area contributed by atoms with E-state index in [2.05, 4.69) is 21.2 Å². The van der Waals surface area contributed by atoms with Crippen LogP contribution >= 0.6 is 15.9 Å². The van der Waals surface area contributed by atoms with Gasteiger partial charge in [-0.15, -0.1) is 0 Å². The molecule has 0 spiro atoms. The highest BCUT2D eigenvalue weighted by Crippen LogP contribution is 2.28. The number of nitrogens with zero attached hydrogens (tertiary/aromatic N) is 1. The van der Waals surface area contributed by atoms with Gasteiger partial charge in [0, 0.05) is 35.7 Å². The number of carbonyl (C=O) groups excluding carboxylic acids is 1. The first-order valence-electron chi connectivity index (χ1n) is 6.30. The molecule has 2 rings (SSSR count). The van der Waals surface area contributed by atoms with Crippen LogP contribution in [0.5, 0.6) is 0 Å². The smallest absolute Gasteiger partial charge is 0.250 e. The van der Waals surface area contributed by atoms with E-state index in [0.29, 0.717) is 13.1 Å². The lowest BCUT2D eigenvalue weighted by molar-refractivity contribution is -0.122. The Morgan fingerprint density at radius 2 is 2.17 bits per heavy atom. The minimum absolute atomic E-state index is 0.0141. The van der Waals surface area contributed by atoms with Gasteiger partial charge in [-0.3, -0.25) is 9.59 Å². The molecule has 1 amide bonds. The van der Waals surface area contributed by atoms with Crippen molar-refractivity contribution in [3.63, 3.8) is 0 Å². The van der Waals surface area contributed by atoms with E-state index in [0.717, 1.165) is 30.2 Å². The van der Waals surface area contributed by atoms with Gasteiger partial charge in [-0.2, -0.15) is 0 Å². The zero-order chi connectivity index (χ0) is 13.0. The first-order valence-corrected chi connectivity index (χ1v) is 7.10. The summed E-state index contributed by atoms with van der Waals surface area (Å²) < 4.78 is 2.59. The first-order chi connectivity index (χ1) is 8.66. The standard InChI is InChI=1S/C13H17BrN2O2/c14-11-5-6-12(17)16(9-11)8-2-1-7-15-13(18)10-3-4-10/h5-6,9-10H,1-4,7-8H2,(H,15,18). The number of pyridine rings is 1. The second-order valence-corrected chi connectivity index (χ2v) is 5.57. The van der Waals surface area contributed by atoms with E-state index < -0.39 is 0 Å². The average Bonchev–Trinajstić information content (AvgIpc) is 3.17. The summed E-state index contributed by atoms with van der Waals surface area (Å²) in [4.78, 5) is 22.9. The molecule has 1 heterocycles. The summed E-state index contributed by atoms with van der Waals surface area (Å²) >= 11 is 3.34. The van der Waals surface area contributed by atoms with E-state index in [4.69, 9.17) is 0 Å². The monoisotopic (exact) mass is 312 g/mol. The van der Waals surface area contributed by atoms with Crippen LogP contribution in [-0.4, -0.2) is 17.0 Å². The molecule has 18 heavy (non-hydrogen) atoms. The number of nitrogens with one attached hydrogen (secondary N) is 1. The number of unbranched alkanes of at least 4 members (excludes halogenated alkanes) is 1. The molecule has 98 valence electrons. The van der Waals surface area contributed by atoms with E-state index in [1.165, 1.54) is 0 Å².